The number of carbonyl (C=O) groups is 2. The molecule has 0 aromatic heterocycles. The normalized spacial score (nSPS) is 14.0. The Hall–Kier alpha value is -2.93. The quantitative estimate of drug-likeness (QED) is 0.820. The van der Waals surface area contributed by atoms with Crippen LogP contribution in [0.15, 0.2) is 48.5 Å². The summed E-state index contributed by atoms with van der Waals surface area (Å²) in [6.45, 7) is 2.85. The van der Waals surface area contributed by atoms with E-state index >= 15 is 0 Å². The molecule has 7 heteroatoms. The molecule has 1 aliphatic rings. The Balaban J connectivity index is 1.60. The van der Waals surface area contributed by atoms with E-state index in [9.17, 15) is 14.0 Å². The first kappa shape index (κ1) is 17.9. The van der Waals surface area contributed by atoms with Crippen molar-refractivity contribution in [3.63, 3.8) is 0 Å². The lowest BCUT2D eigenvalue weighted by Gasteiger charge is -2.30. The van der Waals surface area contributed by atoms with Gasteiger partial charge in [0.15, 0.2) is 0 Å². The summed E-state index contributed by atoms with van der Waals surface area (Å²) in [5.41, 5.74) is 2.15. The monoisotopic (exact) mass is 357 g/mol. The van der Waals surface area contributed by atoms with Gasteiger partial charge in [0.25, 0.3) is 0 Å². The average molecular weight is 357 g/mol. The minimum atomic E-state index is -0.744. The lowest BCUT2D eigenvalue weighted by molar-refractivity contribution is -0.136. The second-order valence-corrected chi connectivity index (χ2v) is 5.88. The molecule has 2 N–H and O–H groups in total. The van der Waals surface area contributed by atoms with E-state index in [2.05, 4.69) is 15.5 Å². The second-order valence-electron chi connectivity index (χ2n) is 5.88. The minimum absolute atomic E-state index is 0.150. The Kier molecular flexibility index (Phi) is 5.80. The number of anilines is 2. The summed E-state index contributed by atoms with van der Waals surface area (Å²) in [5.74, 6) is -1.84. The fourth-order valence-corrected chi connectivity index (χ4v) is 2.70. The van der Waals surface area contributed by atoms with Crippen molar-refractivity contribution in [2.45, 2.75) is 6.54 Å². The molecule has 0 unspecified atom stereocenters. The van der Waals surface area contributed by atoms with Gasteiger partial charge in [-0.05, 0) is 29.8 Å². The third kappa shape index (κ3) is 4.58. The van der Waals surface area contributed by atoms with Gasteiger partial charge in [-0.2, -0.15) is 0 Å². The third-order valence-corrected chi connectivity index (χ3v) is 4.08. The number of halogens is 1. The Morgan fingerprint density at radius 3 is 2.42 bits per heavy atom. The molecule has 0 bridgehead atoms. The van der Waals surface area contributed by atoms with E-state index in [0.29, 0.717) is 24.5 Å². The third-order valence-electron chi connectivity index (χ3n) is 4.08. The van der Waals surface area contributed by atoms with Crippen LogP contribution in [-0.2, 0) is 20.9 Å². The number of para-hydroxylation sites is 2. The number of hydrogen-bond donors (Lipinski definition) is 2. The molecule has 0 aliphatic carbocycles. The van der Waals surface area contributed by atoms with Crippen LogP contribution in [0.4, 0.5) is 15.8 Å². The number of amides is 2. The van der Waals surface area contributed by atoms with E-state index < -0.39 is 11.8 Å². The molecule has 1 aliphatic heterocycles. The lowest BCUT2D eigenvalue weighted by Crippen LogP contribution is -2.38. The van der Waals surface area contributed by atoms with Crippen LogP contribution in [-0.4, -0.2) is 38.1 Å². The zero-order valence-corrected chi connectivity index (χ0v) is 14.2. The highest BCUT2D eigenvalue weighted by Crippen LogP contribution is 2.26. The molecule has 0 spiro atoms. The maximum atomic E-state index is 12.9. The summed E-state index contributed by atoms with van der Waals surface area (Å²) in [6.07, 6.45) is 0. The summed E-state index contributed by atoms with van der Waals surface area (Å²) in [4.78, 5) is 26.3. The molecule has 0 atom stereocenters. The van der Waals surface area contributed by atoms with E-state index in [-0.39, 0.29) is 12.4 Å². The van der Waals surface area contributed by atoms with Crippen LogP contribution in [0.2, 0.25) is 0 Å². The molecular formula is C19H20FN3O3. The average Bonchev–Trinajstić information content (AvgIpc) is 2.68. The van der Waals surface area contributed by atoms with Gasteiger partial charge in [-0.25, -0.2) is 4.39 Å². The summed E-state index contributed by atoms with van der Waals surface area (Å²) >= 11 is 0. The van der Waals surface area contributed by atoms with Crippen LogP contribution in [0.1, 0.15) is 5.56 Å². The molecule has 26 heavy (non-hydrogen) atoms. The second kappa shape index (κ2) is 8.44. The smallest absolute Gasteiger partial charge is 0.313 e. The van der Waals surface area contributed by atoms with Crippen LogP contribution >= 0.6 is 0 Å². The number of nitrogens with one attached hydrogen (secondary N) is 2. The molecule has 6 nitrogen and oxygen atoms in total. The highest BCUT2D eigenvalue weighted by atomic mass is 19.1. The van der Waals surface area contributed by atoms with Gasteiger partial charge in [0.1, 0.15) is 5.82 Å². The van der Waals surface area contributed by atoms with Crippen LogP contribution in [0.3, 0.4) is 0 Å². The first-order valence-electron chi connectivity index (χ1n) is 8.39. The maximum Gasteiger partial charge on any atom is 0.313 e. The van der Waals surface area contributed by atoms with Gasteiger partial charge in [-0.1, -0.05) is 24.3 Å². The van der Waals surface area contributed by atoms with Gasteiger partial charge in [0.2, 0.25) is 0 Å². The van der Waals surface area contributed by atoms with E-state index in [4.69, 9.17) is 4.74 Å². The van der Waals surface area contributed by atoms with Crippen molar-refractivity contribution in [3.8, 4) is 0 Å². The number of benzene rings is 2. The zero-order chi connectivity index (χ0) is 18.4. The molecule has 3 rings (SSSR count). The van der Waals surface area contributed by atoms with Crippen molar-refractivity contribution in [1.29, 1.82) is 0 Å². The van der Waals surface area contributed by atoms with Gasteiger partial charge >= 0.3 is 11.8 Å². The zero-order valence-electron chi connectivity index (χ0n) is 14.2. The van der Waals surface area contributed by atoms with E-state index in [1.165, 1.54) is 12.1 Å². The highest BCUT2D eigenvalue weighted by molar-refractivity contribution is 6.39. The first-order valence-corrected chi connectivity index (χ1v) is 8.39. The van der Waals surface area contributed by atoms with Gasteiger partial charge in [0, 0.05) is 19.6 Å². The number of morpholine rings is 1. The lowest BCUT2D eigenvalue weighted by atomic mass is 10.2. The van der Waals surface area contributed by atoms with E-state index in [1.807, 2.05) is 12.1 Å². The number of carbonyl (C=O) groups excluding carboxylic acids is 2. The summed E-state index contributed by atoms with van der Waals surface area (Å²) in [5, 5.41) is 5.19. The van der Waals surface area contributed by atoms with E-state index in [0.717, 1.165) is 18.8 Å². The Morgan fingerprint density at radius 2 is 1.69 bits per heavy atom. The van der Waals surface area contributed by atoms with Crippen molar-refractivity contribution in [2.75, 3.05) is 36.5 Å². The Bertz CT molecular complexity index is 774. The summed E-state index contributed by atoms with van der Waals surface area (Å²) in [7, 11) is 0. The number of hydrogen-bond acceptors (Lipinski definition) is 4. The van der Waals surface area contributed by atoms with Crippen molar-refractivity contribution < 1.29 is 18.7 Å². The molecule has 2 amide bonds. The molecule has 136 valence electrons. The number of nitrogens with zero attached hydrogens (tertiary/aromatic N) is 1. The van der Waals surface area contributed by atoms with Crippen molar-refractivity contribution in [1.82, 2.24) is 5.32 Å². The van der Waals surface area contributed by atoms with Crippen molar-refractivity contribution in [2.24, 2.45) is 0 Å². The summed E-state index contributed by atoms with van der Waals surface area (Å²) in [6, 6.07) is 13.1. The number of rotatable bonds is 4. The van der Waals surface area contributed by atoms with Crippen molar-refractivity contribution in [3.05, 3.63) is 59.9 Å². The van der Waals surface area contributed by atoms with Gasteiger partial charge in [0.05, 0.1) is 24.6 Å². The Morgan fingerprint density at radius 1 is 1.00 bits per heavy atom. The van der Waals surface area contributed by atoms with Crippen LogP contribution in [0.25, 0.3) is 0 Å². The van der Waals surface area contributed by atoms with Crippen molar-refractivity contribution >= 4 is 23.2 Å². The molecule has 0 radical (unpaired) electrons. The predicted octanol–water partition coefficient (Wildman–Crippen LogP) is 1.92. The van der Waals surface area contributed by atoms with E-state index in [1.54, 1.807) is 24.3 Å². The molecule has 2 aromatic carbocycles. The fraction of sp³-hybridized carbons (Fsp3) is 0.263. The van der Waals surface area contributed by atoms with Gasteiger partial charge in [-0.15, -0.1) is 0 Å². The van der Waals surface area contributed by atoms with Crippen LogP contribution in [0, 0.1) is 5.82 Å². The standard InChI is InChI=1S/C19H20FN3O3/c20-15-7-5-14(6-8-15)13-21-18(24)19(25)22-16-3-1-2-4-17(16)23-9-11-26-12-10-23/h1-8H,9-13H2,(H,21,24)(H,22,25). The summed E-state index contributed by atoms with van der Waals surface area (Å²) < 4.78 is 18.2. The largest absolute Gasteiger partial charge is 0.378 e. The molecule has 0 saturated carbocycles. The first-order chi connectivity index (χ1) is 12.6. The number of ether oxygens (including phenoxy) is 1. The molecule has 2 aromatic rings. The van der Waals surface area contributed by atoms with Crippen LogP contribution < -0.4 is 15.5 Å². The molecule has 1 heterocycles. The van der Waals surface area contributed by atoms with Crippen LogP contribution in [0.5, 0.6) is 0 Å². The molecular weight excluding hydrogens is 337 g/mol. The predicted molar refractivity (Wildman–Crippen MR) is 96.4 cm³/mol. The van der Waals surface area contributed by atoms with Gasteiger partial charge in [-0.3, -0.25) is 9.59 Å². The molecule has 1 fully saturated rings. The maximum absolute atomic E-state index is 12.9. The Labute approximate surface area is 150 Å². The topological polar surface area (TPSA) is 70.7 Å². The SMILES string of the molecule is O=C(NCc1ccc(F)cc1)C(=O)Nc1ccccc1N1CCOCC1. The van der Waals surface area contributed by atoms with Gasteiger partial charge < -0.3 is 20.3 Å². The fourth-order valence-electron chi connectivity index (χ4n) is 2.70. The highest BCUT2D eigenvalue weighted by Gasteiger charge is 2.18. The molecule has 1 saturated heterocycles. The minimum Gasteiger partial charge on any atom is -0.378 e.